The Labute approximate surface area is 256 Å². The standard InChI is InChI=1S/C31H33F4N7O3/c1-30(44)15-18(16-30)28-40-25(26-27(36)37-9-12-42(26)28)17-3-5-23(22(32)13-17)39-29(43)38-19-4-6-24(21(14-19)31(33,34)35)45-20-7-10-41(2)11-8-20/h3-6,9,12-14,18,20,44H,7-8,10-11,15-16H2,1-2H3,(H2,36,37)(H2,38,39,43). The second kappa shape index (κ2) is 11.5. The fourth-order valence-electron chi connectivity index (χ4n) is 6.02. The predicted molar refractivity (Wildman–Crippen MR) is 161 cm³/mol. The van der Waals surface area contributed by atoms with Crippen molar-refractivity contribution in [2.24, 2.45) is 0 Å². The summed E-state index contributed by atoms with van der Waals surface area (Å²) in [5.41, 5.74) is 5.29. The molecule has 4 aromatic rings. The predicted octanol–water partition coefficient (Wildman–Crippen LogP) is 5.88. The highest BCUT2D eigenvalue weighted by Gasteiger charge is 2.42. The Balaban J connectivity index is 1.19. The number of imidazole rings is 1. The van der Waals surface area contributed by atoms with Gasteiger partial charge in [-0.05, 0) is 70.0 Å². The van der Waals surface area contributed by atoms with Gasteiger partial charge in [-0.3, -0.25) is 4.40 Å². The van der Waals surface area contributed by atoms with Crippen molar-refractivity contribution in [3.8, 4) is 17.0 Å². The van der Waals surface area contributed by atoms with Gasteiger partial charge in [0.25, 0.3) is 0 Å². The Bertz CT molecular complexity index is 1740. The molecule has 0 unspecified atom stereocenters. The number of benzene rings is 2. The molecule has 1 aliphatic heterocycles. The van der Waals surface area contributed by atoms with Crippen LogP contribution < -0.4 is 21.1 Å². The van der Waals surface area contributed by atoms with E-state index in [1.165, 1.54) is 30.5 Å². The van der Waals surface area contributed by atoms with Crippen molar-refractivity contribution in [1.29, 1.82) is 0 Å². The normalized spacial score (nSPS) is 21.0. The molecule has 2 aliphatic rings. The molecule has 10 nitrogen and oxygen atoms in total. The van der Waals surface area contributed by atoms with Crippen LogP contribution in [0.5, 0.6) is 5.75 Å². The molecule has 0 spiro atoms. The minimum absolute atomic E-state index is 0.0229. The molecule has 0 atom stereocenters. The third-order valence-electron chi connectivity index (χ3n) is 8.34. The Kier molecular flexibility index (Phi) is 7.81. The highest BCUT2D eigenvalue weighted by molar-refractivity contribution is 6.00. The van der Waals surface area contributed by atoms with Crippen LogP contribution in [0.2, 0.25) is 0 Å². The third-order valence-corrected chi connectivity index (χ3v) is 8.34. The molecule has 0 bridgehead atoms. The lowest BCUT2D eigenvalue weighted by molar-refractivity contribution is -0.139. The number of fused-ring (bicyclic) bond motifs is 1. The molecule has 45 heavy (non-hydrogen) atoms. The van der Waals surface area contributed by atoms with Crippen LogP contribution >= 0.6 is 0 Å². The molecule has 5 N–H and O–H groups in total. The molecule has 6 rings (SSSR count). The van der Waals surface area contributed by atoms with Crippen molar-refractivity contribution >= 4 is 28.7 Å². The van der Waals surface area contributed by atoms with Gasteiger partial charge in [-0.15, -0.1) is 0 Å². The second-order valence-corrected chi connectivity index (χ2v) is 12.1. The van der Waals surface area contributed by atoms with E-state index in [0.717, 1.165) is 19.2 Å². The average molecular weight is 628 g/mol. The zero-order chi connectivity index (χ0) is 32.1. The number of amides is 2. The fourth-order valence-corrected chi connectivity index (χ4v) is 6.02. The number of rotatable bonds is 6. The number of urea groups is 1. The number of piperidine rings is 1. The van der Waals surface area contributed by atoms with Crippen LogP contribution in [0.25, 0.3) is 16.8 Å². The molecule has 2 aromatic carbocycles. The minimum atomic E-state index is -4.72. The average Bonchev–Trinajstić information content (AvgIpc) is 3.35. The SMILES string of the molecule is CN1CCC(Oc2ccc(NC(=O)Nc3ccc(-c4nc(C5CC(C)(O)C5)n5ccnc(N)c45)cc3F)cc2C(F)(F)F)CC1. The van der Waals surface area contributed by atoms with E-state index in [1.807, 2.05) is 7.05 Å². The summed E-state index contributed by atoms with van der Waals surface area (Å²) in [5, 5.41) is 14.9. The maximum absolute atomic E-state index is 15.3. The molecule has 3 heterocycles. The van der Waals surface area contributed by atoms with Gasteiger partial charge in [-0.2, -0.15) is 13.2 Å². The largest absolute Gasteiger partial charge is 0.490 e. The van der Waals surface area contributed by atoms with Gasteiger partial charge in [0, 0.05) is 42.7 Å². The van der Waals surface area contributed by atoms with Gasteiger partial charge in [0.05, 0.1) is 16.9 Å². The number of carbonyl (C=O) groups is 1. The van der Waals surface area contributed by atoms with Gasteiger partial charge < -0.3 is 31.1 Å². The van der Waals surface area contributed by atoms with Crippen molar-refractivity contribution in [2.45, 2.75) is 56.4 Å². The quantitative estimate of drug-likeness (QED) is 0.197. The summed E-state index contributed by atoms with van der Waals surface area (Å²) in [6.45, 7) is 3.20. The van der Waals surface area contributed by atoms with Gasteiger partial charge in [0.2, 0.25) is 0 Å². The smallest absolute Gasteiger partial charge is 0.420 e. The number of aromatic nitrogens is 3. The molecule has 1 aliphatic carbocycles. The van der Waals surface area contributed by atoms with E-state index < -0.39 is 29.2 Å². The van der Waals surface area contributed by atoms with Crippen molar-refractivity contribution in [2.75, 3.05) is 36.5 Å². The number of alkyl halides is 3. The number of likely N-dealkylation sites (tertiary alicyclic amines) is 1. The Morgan fingerprint density at radius 1 is 1.13 bits per heavy atom. The van der Waals surface area contributed by atoms with Gasteiger partial charge in [0.1, 0.15) is 40.5 Å². The van der Waals surface area contributed by atoms with E-state index in [4.69, 9.17) is 15.5 Å². The van der Waals surface area contributed by atoms with Crippen LogP contribution in [-0.4, -0.2) is 62.2 Å². The summed E-state index contributed by atoms with van der Waals surface area (Å²) in [7, 11) is 1.94. The number of halogens is 4. The number of hydrogen-bond acceptors (Lipinski definition) is 7. The molecule has 2 fully saturated rings. The number of hydrogen-bond donors (Lipinski definition) is 4. The van der Waals surface area contributed by atoms with Gasteiger partial charge in [-0.25, -0.2) is 19.2 Å². The second-order valence-electron chi connectivity index (χ2n) is 12.1. The van der Waals surface area contributed by atoms with Gasteiger partial charge in [-0.1, -0.05) is 6.07 Å². The molecule has 1 saturated heterocycles. The summed E-state index contributed by atoms with van der Waals surface area (Å²) in [6.07, 6.45) is 0.414. The number of anilines is 3. The number of carbonyl (C=O) groups excluding carboxylic acids is 1. The Morgan fingerprint density at radius 3 is 2.53 bits per heavy atom. The molecule has 2 amide bonds. The first-order chi connectivity index (χ1) is 21.3. The lowest BCUT2D eigenvalue weighted by Crippen LogP contribution is -2.40. The number of nitrogen functional groups attached to an aromatic ring is 1. The number of nitrogens with one attached hydrogen (secondary N) is 2. The number of nitrogens with zero attached hydrogens (tertiary/aromatic N) is 4. The van der Waals surface area contributed by atoms with Crippen LogP contribution in [0, 0.1) is 5.82 Å². The fraction of sp³-hybridized carbons (Fsp3) is 0.387. The van der Waals surface area contributed by atoms with E-state index >= 15 is 4.39 Å². The van der Waals surface area contributed by atoms with Crippen molar-refractivity contribution in [3.05, 3.63) is 66.0 Å². The molecule has 1 saturated carbocycles. The van der Waals surface area contributed by atoms with E-state index in [2.05, 4.69) is 20.5 Å². The Morgan fingerprint density at radius 2 is 1.87 bits per heavy atom. The first-order valence-electron chi connectivity index (χ1n) is 14.6. The van der Waals surface area contributed by atoms with Crippen LogP contribution in [0.4, 0.5) is 39.5 Å². The van der Waals surface area contributed by atoms with Crippen LogP contribution in [-0.2, 0) is 6.18 Å². The van der Waals surface area contributed by atoms with Crippen molar-refractivity contribution < 1.29 is 32.2 Å². The molecule has 0 radical (unpaired) electrons. The maximum atomic E-state index is 15.3. The summed E-state index contributed by atoms with van der Waals surface area (Å²) in [6, 6.07) is 6.41. The minimum Gasteiger partial charge on any atom is -0.490 e. The monoisotopic (exact) mass is 627 g/mol. The topological polar surface area (TPSA) is 130 Å². The number of aliphatic hydroxyl groups is 1. The molecule has 14 heteroatoms. The summed E-state index contributed by atoms with van der Waals surface area (Å²) in [4.78, 5) is 23.7. The molecule has 2 aromatic heterocycles. The van der Waals surface area contributed by atoms with E-state index in [9.17, 15) is 23.1 Å². The third kappa shape index (κ3) is 6.38. The van der Waals surface area contributed by atoms with Gasteiger partial charge >= 0.3 is 12.2 Å². The molecule has 238 valence electrons. The summed E-state index contributed by atoms with van der Waals surface area (Å²) < 4.78 is 64.4. The summed E-state index contributed by atoms with van der Waals surface area (Å²) in [5.74, 6) is -0.260. The van der Waals surface area contributed by atoms with Gasteiger partial charge in [0.15, 0.2) is 0 Å². The number of ether oxygens (including phenoxy) is 1. The van der Waals surface area contributed by atoms with E-state index in [0.29, 0.717) is 48.3 Å². The van der Waals surface area contributed by atoms with E-state index in [-0.39, 0.29) is 35.0 Å². The lowest BCUT2D eigenvalue weighted by atomic mass is 9.72. The maximum Gasteiger partial charge on any atom is 0.420 e. The zero-order valence-electron chi connectivity index (χ0n) is 24.7. The highest BCUT2D eigenvalue weighted by Crippen LogP contribution is 2.45. The highest BCUT2D eigenvalue weighted by atomic mass is 19.4. The number of nitrogens with two attached hydrogens (primary N) is 1. The Hall–Kier alpha value is -4.43. The van der Waals surface area contributed by atoms with Crippen molar-refractivity contribution in [3.63, 3.8) is 0 Å². The van der Waals surface area contributed by atoms with Crippen LogP contribution in [0.15, 0.2) is 48.8 Å². The van der Waals surface area contributed by atoms with Crippen molar-refractivity contribution in [1.82, 2.24) is 19.3 Å². The first kappa shape index (κ1) is 30.6. The van der Waals surface area contributed by atoms with E-state index in [1.54, 1.807) is 23.6 Å². The lowest BCUT2D eigenvalue weighted by Gasteiger charge is -2.40. The van der Waals surface area contributed by atoms with Crippen LogP contribution in [0.3, 0.4) is 0 Å². The first-order valence-corrected chi connectivity index (χ1v) is 14.6. The summed E-state index contributed by atoms with van der Waals surface area (Å²) >= 11 is 0. The molecular formula is C31H33F4N7O3. The molecular weight excluding hydrogens is 594 g/mol. The van der Waals surface area contributed by atoms with Crippen LogP contribution in [0.1, 0.15) is 49.9 Å². The zero-order valence-corrected chi connectivity index (χ0v) is 24.7.